The predicted molar refractivity (Wildman–Crippen MR) is 104 cm³/mol. The van der Waals surface area contributed by atoms with E-state index in [1.54, 1.807) is 0 Å². The fraction of sp³-hybridized carbons (Fsp3) is 0.944. The van der Waals surface area contributed by atoms with Crippen LogP contribution in [0, 0.1) is 0 Å². The summed E-state index contributed by atoms with van der Waals surface area (Å²) in [5.74, 6) is -0.125. The largest absolute Gasteiger partial charge is 0.409 e. The van der Waals surface area contributed by atoms with Gasteiger partial charge in [0.15, 0.2) is 5.84 Å². The Balaban J connectivity index is 4.57. The number of oxime groups is 1. The minimum absolute atomic E-state index is 0.125. The fourth-order valence-corrected chi connectivity index (χ4v) is 4.67. The van der Waals surface area contributed by atoms with Crippen molar-refractivity contribution in [1.29, 1.82) is 0 Å². The molecule has 0 amide bonds. The molecular formula is C18H39N2O4P. The number of rotatable bonds is 16. The molecule has 25 heavy (non-hydrogen) atoms. The number of nitrogens with two attached hydrogens (primary N) is 1. The summed E-state index contributed by atoms with van der Waals surface area (Å²) in [4.78, 5) is 0. The minimum atomic E-state index is -3.43. The highest BCUT2D eigenvalue weighted by Gasteiger charge is 2.31. The molecule has 0 heterocycles. The molecule has 0 aromatic rings. The SMILES string of the molecule is CCCCCCC(C)OP(=O)(CC(N)=NO)OC(C)CCCCCC. The number of hydrogen-bond donors (Lipinski definition) is 2. The first-order valence-corrected chi connectivity index (χ1v) is 11.5. The lowest BCUT2D eigenvalue weighted by Gasteiger charge is -2.25. The maximum Gasteiger partial charge on any atom is 0.338 e. The maximum atomic E-state index is 13.1. The van der Waals surface area contributed by atoms with E-state index in [0.29, 0.717) is 0 Å². The van der Waals surface area contributed by atoms with Gasteiger partial charge in [-0.1, -0.05) is 70.4 Å². The van der Waals surface area contributed by atoms with Crippen LogP contribution in [0.1, 0.15) is 91.9 Å². The Bertz CT molecular complexity index is 381. The molecule has 0 aliphatic heterocycles. The summed E-state index contributed by atoms with van der Waals surface area (Å²) in [6.45, 7) is 8.14. The molecule has 0 bridgehead atoms. The molecule has 0 saturated carbocycles. The van der Waals surface area contributed by atoms with E-state index < -0.39 is 7.60 Å². The lowest BCUT2D eigenvalue weighted by atomic mass is 10.1. The highest BCUT2D eigenvalue weighted by Crippen LogP contribution is 2.51. The molecule has 6 nitrogen and oxygen atoms in total. The number of hydrogen-bond acceptors (Lipinski definition) is 5. The molecule has 0 spiro atoms. The van der Waals surface area contributed by atoms with E-state index in [2.05, 4.69) is 19.0 Å². The summed E-state index contributed by atoms with van der Waals surface area (Å²) in [5, 5.41) is 11.7. The van der Waals surface area contributed by atoms with E-state index in [-0.39, 0.29) is 24.2 Å². The van der Waals surface area contributed by atoms with E-state index in [0.717, 1.165) is 38.5 Å². The van der Waals surface area contributed by atoms with Crippen molar-refractivity contribution < 1.29 is 18.8 Å². The van der Waals surface area contributed by atoms with Crippen LogP contribution in [0.3, 0.4) is 0 Å². The fourth-order valence-electron chi connectivity index (χ4n) is 2.70. The zero-order valence-electron chi connectivity index (χ0n) is 16.6. The molecule has 0 aromatic heterocycles. The molecule has 2 unspecified atom stereocenters. The summed E-state index contributed by atoms with van der Waals surface area (Å²) in [7, 11) is -3.43. The lowest BCUT2D eigenvalue weighted by molar-refractivity contribution is 0.119. The van der Waals surface area contributed by atoms with Crippen LogP contribution in [-0.4, -0.2) is 29.4 Å². The van der Waals surface area contributed by atoms with E-state index in [4.69, 9.17) is 20.0 Å². The summed E-state index contributed by atoms with van der Waals surface area (Å²) in [6.07, 6.45) is 10.2. The zero-order valence-corrected chi connectivity index (χ0v) is 17.5. The summed E-state index contributed by atoms with van der Waals surface area (Å²) in [5.41, 5.74) is 5.56. The molecule has 0 rings (SSSR count). The van der Waals surface area contributed by atoms with E-state index in [1.165, 1.54) is 25.7 Å². The second-order valence-corrected chi connectivity index (χ2v) is 8.85. The Kier molecular flexibility index (Phi) is 14.2. The predicted octanol–water partition coefficient (Wildman–Crippen LogP) is 5.68. The van der Waals surface area contributed by atoms with Crippen LogP contribution >= 0.6 is 7.60 Å². The van der Waals surface area contributed by atoms with Crippen molar-refractivity contribution in [2.75, 3.05) is 6.16 Å². The Morgan fingerprint density at radius 1 is 0.960 bits per heavy atom. The normalized spacial score (nSPS) is 17.2. The average molecular weight is 378 g/mol. The minimum Gasteiger partial charge on any atom is -0.409 e. The molecule has 0 aliphatic carbocycles. The van der Waals surface area contributed by atoms with Crippen molar-refractivity contribution in [2.24, 2.45) is 10.9 Å². The van der Waals surface area contributed by atoms with Gasteiger partial charge >= 0.3 is 7.60 Å². The van der Waals surface area contributed by atoms with Gasteiger partial charge in [-0.15, -0.1) is 0 Å². The zero-order chi connectivity index (χ0) is 19.1. The first-order chi connectivity index (χ1) is 11.9. The van der Waals surface area contributed by atoms with Gasteiger partial charge in [-0.05, 0) is 26.7 Å². The third-order valence-electron chi connectivity index (χ3n) is 4.09. The van der Waals surface area contributed by atoms with Crippen molar-refractivity contribution in [3.05, 3.63) is 0 Å². The number of amidine groups is 1. The molecule has 0 aromatic carbocycles. The van der Waals surface area contributed by atoms with Crippen molar-refractivity contribution in [1.82, 2.24) is 0 Å². The van der Waals surface area contributed by atoms with Gasteiger partial charge in [-0.3, -0.25) is 4.57 Å². The summed E-state index contributed by atoms with van der Waals surface area (Å²) < 4.78 is 24.6. The quantitative estimate of drug-likeness (QED) is 0.0900. The van der Waals surface area contributed by atoms with Gasteiger partial charge < -0.3 is 20.0 Å². The van der Waals surface area contributed by atoms with Crippen LogP contribution in [0.5, 0.6) is 0 Å². The van der Waals surface area contributed by atoms with Crippen LogP contribution in [-0.2, 0) is 13.6 Å². The van der Waals surface area contributed by atoms with Crippen LogP contribution in [0.4, 0.5) is 0 Å². The highest BCUT2D eigenvalue weighted by molar-refractivity contribution is 7.54. The average Bonchev–Trinajstić information content (AvgIpc) is 2.55. The molecule has 0 saturated heterocycles. The highest BCUT2D eigenvalue weighted by atomic mass is 31.2. The van der Waals surface area contributed by atoms with E-state index in [9.17, 15) is 4.57 Å². The molecule has 150 valence electrons. The van der Waals surface area contributed by atoms with Crippen LogP contribution < -0.4 is 5.73 Å². The van der Waals surface area contributed by atoms with Gasteiger partial charge in [-0.2, -0.15) is 0 Å². The van der Waals surface area contributed by atoms with Crippen molar-refractivity contribution >= 4 is 13.4 Å². The Hall–Kier alpha value is -0.580. The Morgan fingerprint density at radius 3 is 1.76 bits per heavy atom. The van der Waals surface area contributed by atoms with Crippen LogP contribution in [0.2, 0.25) is 0 Å². The van der Waals surface area contributed by atoms with Gasteiger partial charge in [0.1, 0.15) is 6.16 Å². The van der Waals surface area contributed by atoms with Gasteiger partial charge in [0, 0.05) is 0 Å². The Labute approximate surface area is 154 Å². The van der Waals surface area contributed by atoms with Gasteiger partial charge in [-0.25, -0.2) is 0 Å². The Morgan fingerprint density at radius 2 is 1.40 bits per heavy atom. The molecule has 0 aliphatic rings. The van der Waals surface area contributed by atoms with Crippen LogP contribution in [0.15, 0.2) is 5.16 Å². The van der Waals surface area contributed by atoms with Crippen molar-refractivity contribution in [3.8, 4) is 0 Å². The maximum absolute atomic E-state index is 13.1. The van der Waals surface area contributed by atoms with Gasteiger partial charge in [0.2, 0.25) is 0 Å². The molecule has 7 heteroatoms. The van der Waals surface area contributed by atoms with Crippen molar-refractivity contribution in [2.45, 2.75) is 104 Å². The molecule has 3 N–H and O–H groups in total. The topological polar surface area (TPSA) is 94.1 Å². The summed E-state index contributed by atoms with van der Waals surface area (Å²) >= 11 is 0. The van der Waals surface area contributed by atoms with Gasteiger partial charge in [0.05, 0.1) is 12.2 Å². The monoisotopic (exact) mass is 378 g/mol. The second kappa shape index (κ2) is 14.6. The number of nitrogens with zero attached hydrogens (tertiary/aromatic N) is 1. The first-order valence-electron chi connectivity index (χ1n) is 9.79. The smallest absolute Gasteiger partial charge is 0.338 e. The third kappa shape index (κ3) is 13.3. The lowest BCUT2D eigenvalue weighted by Crippen LogP contribution is -2.22. The van der Waals surface area contributed by atoms with Crippen molar-refractivity contribution in [3.63, 3.8) is 0 Å². The first kappa shape index (κ1) is 24.4. The number of unbranched alkanes of at least 4 members (excludes halogenated alkanes) is 6. The third-order valence-corrected chi connectivity index (χ3v) is 6.17. The molecule has 0 fully saturated rings. The van der Waals surface area contributed by atoms with Gasteiger partial charge in [0.25, 0.3) is 0 Å². The van der Waals surface area contributed by atoms with E-state index in [1.807, 2.05) is 13.8 Å². The molecule has 2 atom stereocenters. The standard InChI is InChI=1S/C18H39N2O4P/c1-5-7-9-11-13-16(3)23-25(22,15-18(19)20-21)24-17(4)14-12-10-8-6-2/h16-17,21H,5-15H2,1-4H3,(H2,19,20). The van der Waals surface area contributed by atoms with Crippen LogP contribution in [0.25, 0.3) is 0 Å². The molecule has 0 radical (unpaired) electrons. The van der Waals surface area contributed by atoms with E-state index >= 15 is 0 Å². The summed E-state index contributed by atoms with van der Waals surface area (Å²) in [6, 6.07) is 0. The second-order valence-electron chi connectivity index (χ2n) is 6.89. The molecular weight excluding hydrogens is 339 g/mol.